The first-order valence-corrected chi connectivity index (χ1v) is 45.0. The molecule has 0 bridgehead atoms. The average Bonchev–Trinajstić information content (AvgIpc) is 0.739. The Bertz CT molecular complexity index is 6850. The van der Waals surface area contributed by atoms with Gasteiger partial charge >= 0.3 is 17.1 Å². The third-order valence-corrected chi connectivity index (χ3v) is 25.0. The van der Waals surface area contributed by atoms with Gasteiger partial charge in [0.25, 0.3) is 5.91 Å². The van der Waals surface area contributed by atoms with Crippen LogP contribution in [0.4, 0.5) is 43.8 Å². The lowest BCUT2D eigenvalue weighted by Crippen LogP contribution is -2.54. The van der Waals surface area contributed by atoms with Gasteiger partial charge in [-0.25, -0.2) is 69.4 Å². The van der Waals surface area contributed by atoms with Gasteiger partial charge in [-0.2, -0.15) is 15.0 Å². The predicted molar refractivity (Wildman–Crippen MR) is 501 cm³/mol. The third kappa shape index (κ3) is 18.3. The molecule has 3 aliphatic heterocycles. The number of carbonyl (C=O) groups excluding carboxylic acids is 4. The Hall–Kier alpha value is -13.8. The minimum atomic E-state index is -0.929. The number of hydrogen-bond donors (Lipinski definition) is 3. The number of benzene rings is 4. The van der Waals surface area contributed by atoms with Crippen LogP contribution in [0.2, 0.25) is 0 Å². The van der Waals surface area contributed by atoms with Gasteiger partial charge in [-0.1, -0.05) is 67.3 Å². The number of phenolic OH excluding ortho intramolecular Hbond substituents is 3. The van der Waals surface area contributed by atoms with E-state index in [4.69, 9.17) is 0 Å². The highest BCUT2D eigenvalue weighted by atomic mass is 32.2. The predicted octanol–water partition coefficient (Wildman–Crippen LogP) is 15.2. The first-order valence-electron chi connectivity index (χ1n) is 42.5. The van der Waals surface area contributed by atoms with Gasteiger partial charge < -0.3 is 49.6 Å². The number of carbonyl (C=O) groups is 4. The zero-order valence-electron chi connectivity index (χ0n) is 75.8. The largest absolute Gasteiger partial charge is 0.507 e. The van der Waals surface area contributed by atoms with E-state index in [0.717, 1.165) is 23.9 Å². The molecule has 0 aliphatic carbocycles. The summed E-state index contributed by atoms with van der Waals surface area (Å²) in [5.74, 6) is -7.43. The molecule has 36 heteroatoms. The summed E-state index contributed by atoms with van der Waals surface area (Å²) in [6.07, 6.45) is 10.4. The molecule has 4 amide bonds. The molecular weight excluding hydrogens is 1740 g/mol. The van der Waals surface area contributed by atoms with Gasteiger partial charge in [-0.3, -0.25) is 29.1 Å². The van der Waals surface area contributed by atoms with Gasteiger partial charge in [0.1, 0.15) is 69.2 Å². The van der Waals surface area contributed by atoms with Crippen molar-refractivity contribution < 1.29 is 60.8 Å². The van der Waals surface area contributed by atoms with Gasteiger partial charge in [0, 0.05) is 119 Å². The smallest absolute Gasteiger partial charge is 0.355 e. The molecule has 3 aliphatic rings. The molecule has 0 spiro atoms. The molecule has 0 radical (unpaired) electrons. The maximum atomic E-state index is 16.0. The van der Waals surface area contributed by atoms with Crippen molar-refractivity contribution in [3.05, 3.63) is 241 Å². The maximum absolute atomic E-state index is 16.0. The first kappa shape index (κ1) is 95.8. The number of piperazine rings is 3. The Morgan fingerprint density at radius 2 is 0.848 bits per heavy atom. The number of phenols is 3. The zero-order valence-corrected chi connectivity index (χ0v) is 77.4. The Kier molecular flexibility index (Phi) is 28.4. The van der Waals surface area contributed by atoms with Crippen molar-refractivity contribution in [1.29, 1.82) is 0 Å². The minimum Gasteiger partial charge on any atom is -0.507 e. The summed E-state index contributed by atoms with van der Waals surface area (Å²) in [5.41, 5.74) is 0.966. The van der Waals surface area contributed by atoms with E-state index >= 15 is 26.3 Å². The van der Waals surface area contributed by atoms with Crippen molar-refractivity contribution in [2.75, 3.05) is 100 Å². The third-order valence-electron chi connectivity index (χ3n) is 23.5. The second kappa shape index (κ2) is 39.1. The van der Waals surface area contributed by atoms with Gasteiger partial charge in [0.05, 0.1) is 61.3 Å². The maximum Gasteiger partial charge on any atom is 0.355 e. The number of rotatable bonds is 18. The monoisotopic (exact) mass is 1840 g/mol. The van der Waals surface area contributed by atoms with Crippen LogP contribution in [0.5, 0.6) is 17.2 Å². The average molecular weight is 1840 g/mol. The highest BCUT2D eigenvalue weighted by Crippen LogP contribution is 2.44. The fourth-order valence-corrected chi connectivity index (χ4v) is 17.9. The van der Waals surface area contributed by atoms with E-state index in [2.05, 4.69) is 59.6 Å². The number of pyridine rings is 5. The van der Waals surface area contributed by atoms with Crippen molar-refractivity contribution >= 4 is 97.7 Å². The van der Waals surface area contributed by atoms with Crippen LogP contribution in [0.3, 0.4) is 0 Å². The molecule has 15 rings (SSSR count). The SMILES string of the molecule is C=CC(=O)N1CCN(c2nc(=O)n(-c3c(C)cc(C(=O)N(C)C)cc3C(C)C)c3nc(-c4c(O)cccc4F)c(F)cc23)[C@@H](C)C1.C=CC(=O)N1CCN(c2nc(=O)n(-c3c(C)ccnc3C(C)C)c3nc(-c4c(O)cc(SC)cc4F)c(F)cc23)[C@@H](C)C1.C=CC(=O)N1CCN(c2nc(=O)n(-c3c(C)ccnc3C(C)C)c3nc(-c4c(O)ccc(SC)c4F)c(F)cc23)[C@@H](C)C1. The first-order chi connectivity index (χ1) is 62.7. The number of thioether (sulfide) groups is 2. The second-order valence-corrected chi connectivity index (χ2v) is 35.3. The second-order valence-electron chi connectivity index (χ2n) is 33.6. The standard InChI is InChI=1S/C34H36F2N6O4.2C31H32F2N6O3S/c1-8-27(44)40-12-13-41(20(5)17-40)31-23-16-25(36)29(28-24(35)10-9-11-26(28)43)37-32(23)42(34(46)38-31)30-19(4)14-21(33(45)39(6)7)15-22(30)18(2)3;1-7-24(41)37-10-11-38(18(5)15-37)29-20-14-22(33)27(25-21(32)12-19(43-6)13-23(25)40)35-30(20)39(31(42)36-29)28-17(4)8-9-34-26(28)16(2)3;1-7-23(41)37-12-13-38(18(5)15-37)29-19-14-20(32)27(24-21(40)8-9-22(43-6)25(24)33)35-30(19)39(31(42)36-29)28-17(4)10-11-34-26(28)16(2)3/h8-11,14-16,18,20,43H,1,12-13,17H2,2-7H3;7-9,12-14,16,18,40H,1,10-11,15H2,2-6H3;7-11,14,16,18,40H,1,12-13,15H2,2-6H3/t20-;2*18-/m000/s1. The van der Waals surface area contributed by atoms with Crippen LogP contribution in [-0.2, 0) is 14.4 Å². The number of aryl methyl sites for hydroxylation is 3. The molecule has 0 saturated carbocycles. The fraction of sp³-hybridized carbons (Fsp3) is 0.323. The molecule has 688 valence electrons. The van der Waals surface area contributed by atoms with E-state index in [9.17, 15) is 48.9 Å². The van der Waals surface area contributed by atoms with Crippen LogP contribution in [0, 0.1) is 55.7 Å². The summed E-state index contributed by atoms with van der Waals surface area (Å²) in [6, 6.07) is 18.3. The zero-order chi connectivity index (χ0) is 95.9. The topological polar surface area (TPSA) is 321 Å². The fourth-order valence-electron chi connectivity index (χ4n) is 17.0. The molecule has 3 N–H and O–H groups in total. The lowest BCUT2D eigenvalue weighted by molar-refractivity contribution is -0.127. The summed E-state index contributed by atoms with van der Waals surface area (Å²) in [7, 11) is 3.29. The summed E-state index contributed by atoms with van der Waals surface area (Å²) in [4.78, 5) is 140. The number of nitrogens with zero attached hydrogens (tertiary/aromatic N) is 18. The molecular formula is C96H100F6N18O10S2. The molecule has 3 atom stereocenters. The molecule has 11 heterocycles. The number of aromatic nitrogens is 11. The van der Waals surface area contributed by atoms with Crippen molar-refractivity contribution in [2.45, 2.75) is 129 Å². The quantitative estimate of drug-likeness (QED) is 0.0408. The Morgan fingerprint density at radius 3 is 1.20 bits per heavy atom. The van der Waals surface area contributed by atoms with Gasteiger partial charge in [0.2, 0.25) is 17.7 Å². The minimum absolute atomic E-state index is 0.0115. The van der Waals surface area contributed by atoms with E-state index < -0.39 is 103 Å². The van der Waals surface area contributed by atoms with Crippen LogP contribution < -0.4 is 31.8 Å². The number of aromatic hydroxyl groups is 3. The number of halogens is 6. The lowest BCUT2D eigenvalue weighted by Gasteiger charge is -2.40. The Morgan fingerprint density at radius 1 is 0.455 bits per heavy atom. The van der Waals surface area contributed by atoms with E-state index in [0.29, 0.717) is 120 Å². The van der Waals surface area contributed by atoms with Crippen molar-refractivity contribution in [2.24, 2.45) is 0 Å². The van der Waals surface area contributed by atoms with E-state index in [1.807, 2.05) is 90.9 Å². The van der Waals surface area contributed by atoms with E-state index in [1.165, 1.54) is 97.1 Å². The number of amides is 4. The van der Waals surface area contributed by atoms with Crippen LogP contribution in [0.1, 0.15) is 124 Å². The molecule has 132 heavy (non-hydrogen) atoms. The number of hydrogen-bond acceptors (Lipinski definition) is 23. The van der Waals surface area contributed by atoms with E-state index in [1.54, 1.807) is 84.9 Å². The van der Waals surface area contributed by atoms with Crippen LogP contribution >= 0.6 is 23.5 Å². The van der Waals surface area contributed by atoms with Crippen LogP contribution in [-0.4, -0.2) is 216 Å². The lowest BCUT2D eigenvalue weighted by atomic mass is 9.94. The molecule has 0 unspecified atom stereocenters. The van der Waals surface area contributed by atoms with Crippen LogP contribution in [0.15, 0.2) is 159 Å². The molecule has 3 saturated heterocycles. The summed E-state index contributed by atoms with van der Waals surface area (Å²) >= 11 is 2.33. The number of anilines is 3. The van der Waals surface area contributed by atoms with Gasteiger partial charge in [0.15, 0.2) is 34.4 Å². The normalized spacial score (nSPS) is 15.3. The van der Waals surface area contributed by atoms with Gasteiger partial charge in [-0.15, -0.1) is 23.5 Å². The Labute approximate surface area is 765 Å². The molecule has 12 aromatic rings. The van der Waals surface area contributed by atoms with Crippen molar-refractivity contribution in [3.8, 4) is 68.1 Å². The summed E-state index contributed by atoms with van der Waals surface area (Å²) < 4.78 is 97.8. The molecule has 8 aromatic heterocycles. The highest BCUT2D eigenvalue weighted by molar-refractivity contribution is 7.98. The Balaban J connectivity index is 0.000000168. The van der Waals surface area contributed by atoms with Crippen molar-refractivity contribution in [1.82, 2.24) is 73.2 Å². The summed E-state index contributed by atoms with van der Waals surface area (Å²) in [6.45, 7) is 36.2. The van der Waals surface area contributed by atoms with Crippen LogP contribution in [0.25, 0.3) is 83.9 Å². The molecule has 28 nitrogen and oxygen atoms in total. The molecule has 4 aromatic carbocycles. The summed E-state index contributed by atoms with van der Waals surface area (Å²) in [5, 5.41) is 32.5. The highest BCUT2D eigenvalue weighted by Gasteiger charge is 2.37. The van der Waals surface area contributed by atoms with Gasteiger partial charge in [-0.05, 0) is 191 Å². The van der Waals surface area contributed by atoms with E-state index in [-0.39, 0.29) is 115 Å². The molecule has 3 fully saturated rings. The van der Waals surface area contributed by atoms with Crippen molar-refractivity contribution in [3.63, 3.8) is 0 Å². The number of fused-ring (bicyclic) bond motifs is 3.